The van der Waals surface area contributed by atoms with Gasteiger partial charge >= 0.3 is 5.97 Å². The van der Waals surface area contributed by atoms with E-state index in [1.54, 1.807) is 13.8 Å². The average molecular weight is 429 g/mol. The fraction of sp³-hybridized carbons (Fsp3) is 0.542. The van der Waals surface area contributed by atoms with Crippen molar-refractivity contribution in [1.82, 2.24) is 10.3 Å². The largest absolute Gasteiger partial charge is 0.480 e. The van der Waals surface area contributed by atoms with Crippen molar-refractivity contribution in [2.75, 3.05) is 0 Å². The topological polar surface area (TPSA) is 102 Å². The highest BCUT2D eigenvalue weighted by molar-refractivity contribution is 5.85. The Morgan fingerprint density at radius 3 is 2.58 bits per heavy atom. The van der Waals surface area contributed by atoms with Crippen LogP contribution in [-0.4, -0.2) is 34.1 Å². The second kappa shape index (κ2) is 10.1. The molecular formula is C24H32N2O5. The molecule has 1 amide bonds. The Labute approximate surface area is 183 Å². The number of carboxylic acid groups (broad SMARTS) is 1. The van der Waals surface area contributed by atoms with E-state index in [4.69, 9.17) is 9.15 Å². The number of oxazole rings is 1. The van der Waals surface area contributed by atoms with Crippen molar-refractivity contribution < 1.29 is 23.8 Å². The third-order valence-corrected chi connectivity index (χ3v) is 5.87. The molecule has 0 bridgehead atoms. The Hall–Kier alpha value is -2.67. The Morgan fingerprint density at radius 1 is 1.23 bits per heavy atom. The zero-order chi connectivity index (χ0) is 22.5. The van der Waals surface area contributed by atoms with E-state index in [0.717, 1.165) is 36.3 Å². The van der Waals surface area contributed by atoms with E-state index in [9.17, 15) is 14.7 Å². The fourth-order valence-electron chi connectivity index (χ4n) is 3.90. The van der Waals surface area contributed by atoms with Gasteiger partial charge in [0.2, 0.25) is 11.8 Å². The maximum atomic E-state index is 12.6. The summed E-state index contributed by atoms with van der Waals surface area (Å²) in [5.74, 6) is -0.311. The molecule has 3 atom stereocenters. The zero-order valence-electron chi connectivity index (χ0n) is 18.7. The van der Waals surface area contributed by atoms with Crippen molar-refractivity contribution in [3.63, 3.8) is 0 Å². The van der Waals surface area contributed by atoms with E-state index in [-0.39, 0.29) is 23.8 Å². The summed E-state index contributed by atoms with van der Waals surface area (Å²) < 4.78 is 11.9. The summed E-state index contributed by atoms with van der Waals surface area (Å²) in [7, 11) is 0. The van der Waals surface area contributed by atoms with Gasteiger partial charge in [0.05, 0.1) is 12.7 Å². The van der Waals surface area contributed by atoms with E-state index in [0.29, 0.717) is 18.9 Å². The molecule has 31 heavy (non-hydrogen) atoms. The highest BCUT2D eigenvalue weighted by atomic mass is 16.5. The van der Waals surface area contributed by atoms with Crippen LogP contribution in [0.3, 0.4) is 0 Å². The van der Waals surface area contributed by atoms with Crippen LogP contribution in [0.4, 0.5) is 0 Å². The zero-order valence-corrected chi connectivity index (χ0v) is 18.7. The molecule has 2 aromatic rings. The molecule has 7 nitrogen and oxygen atoms in total. The lowest BCUT2D eigenvalue weighted by atomic mass is 9.86. The van der Waals surface area contributed by atoms with Gasteiger partial charge in [-0.2, -0.15) is 0 Å². The number of carboxylic acids is 1. The van der Waals surface area contributed by atoms with E-state index < -0.39 is 12.0 Å². The number of hydrogen-bond donors (Lipinski definition) is 2. The Kier molecular flexibility index (Phi) is 7.49. The molecule has 7 heteroatoms. The summed E-state index contributed by atoms with van der Waals surface area (Å²) in [6.45, 7) is 7.81. The quantitative estimate of drug-likeness (QED) is 0.651. The smallest absolute Gasteiger partial charge is 0.326 e. The molecule has 1 unspecified atom stereocenters. The van der Waals surface area contributed by atoms with E-state index in [2.05, 4.69) is 10.3 Å². The van der Waals surface area contributed by atoms with Crippen LogP contribution in [-0.2, 0) is 20.9 Å². The monoisotopic (exact) mass is 428 g/mol. The van der Waals surface area contributed by atoms with Gasteiger partial charge in [0.25, 0.3) is 0 Å². The summed E-state index contributed by atoms with van der Waals surface area (Å²) in [6, 6.07) is 7.14. The second-order valence-electron chi connectivity index (χ2n) is 8.75. The van der Waals surface area contributed by atoms with Crippen LogP contribution >= 0.6 is 0 Å². The molecule has 2 N–H and O–H groups in total. The van der Waals surface area contributed by atoms with Crippen LogP contribution in [0, 0.1) is 25.7 Å². The lowest BCUT2D eigenvalue weighted by molar-refractivity contribution is -0.144. The minimum absolute atomic E-state index is 0.0641. The predicted molar refractivity (Wildman–Crippen MR) is 116 cm³/mol. The molecule has 1 aliphatic rings. The summed E-state index contributed by atoms with van der Waals surface area (Å²) in [6.07, 6.45) is 3.01. The van der Waals surface area contributed by atoms with Gasteiger partial charge in [-0.05, 0) is 51.2 Å². The minimum atomic E-state index is -1.00. The highest BCUT2D eigenvalue weighted by Crippen LogP contribution is 2.29. The van der Waals surface area contributed by atoms with Gasteiger partial charge in [0.1, 0.15) is 17.5 Å². The second-order valence-corrected chi connectivity index (χ2v) is 8.75. The number of carbonyl (C=O) groups excluding carboxylic acids is 1. The third kappa shape index (κ3) is 5.94. The van der Waals surface area contributed by atoms with Crippen molar-refractivity contribution in [3.05, 3.63) is 41.3 Å². The number of rotatable bonds is 8. The summed E-state index contributed by atoms with van der Waals surface area (Å²) in [5.41, 5.74) is 2.86. The van der Waals surface area contributed by atoms with Gasteiger partial charge < -0.3 is 19.6 Å². The highest BCUT2D eigenvalue weighted by Gasteiger charge is 2.31. The third-order valence-electron chi connectivity index (χ3n) is 5.87. The molecule has 0 spiro atoms. The number of carbonyl (C=O) groups is 2. The number of aliphatic carboxylic acids is 1. The van der Waals surface area contributed by atoms with Crippen molar-refractivity contribution in [2.24, 2.45) is 11.8 Å². The molecule has 1 aromatic carbocycles. The van der Waals surface area contributed by atoms with Gasteiger partial charge in [0.15, 0.2) is 0 Å². The fourth-order valence-corrected chi connectivity index (χ4v) is 3.90. The molecular weight excluding hydrogens is 396 g/mol. The number of aryl methyl sites for hydroxylation is 2. The molecule has 168 valence electrons. The summed E-state index contributed by atoms with van der Waals surface area (Å²) >= 11 is 0. The lowest BCUT2D eigenvalue weighted by Gasteiger charge is -2.29. The average Bonchev–Trinajstić information content (AvgIpc) is 3.11. The van der Waals surface area contributed by atoms with E-state index in [1.165, 1.54) is 5.56 Å². The van der Waals surface area contributed by atoms with Gasteiger partial charge in [-0.25, -0.2) is 9.78 Å². The van der Waals surface area contributed by atoms with Crippen LogP contribution in [0.15, 0.2) is 28.7 Å². The number of amides is 1. The van der Waals surface area contributed by atoms with Crippen molar-refractivity contribution in [1.29, 1.82) is 0 Å². The van der Waals surface area contributed by atoms with E-state index >= 15 is 0 Å². The van der Waals surface area contributed by atoms with Crippen molar-refractivity contribution in [3.8, 4) is 11.5 Å². The minimum Gasteiger partial charge on any atom is -0.480 e. The number of nitrogens with one attached hydrogen (secondary N) is 1. The number of aromatic nitrogens is 1. The molecule has 0 aliphatic heterocycles. The van der Waals surface area contributed by atoms with Crippen LogP contribution in [0.5, 0.6) is 0 Å². The first kappa shape index (κ1) is 23.0. The normalized spacial score (nSPS) is 19.9. The molecule has 1 aromatic heterocycles. The van der Waals surface area contributed by atoms with Crippen LogP contribution in [0.1, 0.15) is 56.5 Å². The first-order valence-corrected chi connectivity index (χ1v) is 10.9. The summed E-state index contributed by atoms with van der Waals surface area (Å²) in [4.78, 5) is 28.6. The first-order chi connectivity index (χ1) is 14.7. The lowest BCUT2D eigenvalue weighted by Crippen LogP contribution is -2.47. The Balaban J connectivity index is 1.57. The van der Waals surface area contributed by atoms with Crippen molar-refractivity contribution >= 4 is 11.9 Å². The predicted octanol–water partition coefficient (Wildman–Crippen LogP) is 4.26. The molecule has 0 radical (unpaired) electrons. The SMILES string of the molecule is Cc1ccc(-c2nc(CO[C@@H]3CCC[C@H](C(=O)NC(C(=O)O)C(C)C)C3)c(C)o2)cc1. The van der Waals surface area contributed by atoms with Gasteiger partial charge in [-0.3, -0.25) is 4.79 Å². The van der Waals surface area contributed by atoms with Gasteiger partial charge in [0, 0.05) is 11.5 Å². The maximum absolute atomic E-state index is 12.6. The standard InChI is InChI=1S/C24H32N2O5/c1-14(2)21(24(28)29)26-22(27)18-6-5-7-19(12-18)30-13-20-16(4)31-23(25-20)17-10-8-15(3)9-11-17/h8-11,14,18-19,21H,5-7,12-13H2,1-4H3,(H,26,27)(H,28,29)/t18-,19+,21?/m0/s1. The molecule has 1 aliphatic carbocycles. The summed E-state index contributed by atoms with van der Waals surface area (Å²) in [5, 5.41) is 12.0. The Bertz CT molecular complexity index is 903. The van der Waals surface area contributed by atoms with Crippen LogP contribution in [0.25, 0.3) is 11.5 Å². The first-order valence-electron chi connectivity index (χ1n) is 10.9. The van der Waals surface area contributed by atoms with E-state index in [1.807, 2.05) is 38.1 Å². The molecule has 1 heterocycles. The maximum Gasteiger partial charge on any atom is 0.326 e. The number of benzene rings is 1. The van der Waals surface area contributed by atoms with Gasteiger partial charge in [-0.15, -0.1) is 0 Å². The molecule has 3 rings (SSSR count). The van der Waals surface area contributed by atoms with Crippen molar-refractivity contribution in [2.45, 2.75) is 72.1 Å². The molecule has 0 saturated heterocycles. The Morgan fingerprint density at radius 2 is 1.94 bits per heavy atom. The number of nitrogens with zero attached hydrogens (tertiary/aromatic N) is 1. The van der Waals surface area contributed by atoms with Gasteiger partial charge in [-0.1, -0.05) is 38.0 Å². The number of ether oxygens (including phenoxy) is 1. The van der Waals surface area contributed by atoms with Crippen LogP contribution < -0.4 is 5.32 Å². The number of hydrogen-bond acceptors (Lipinski definition) is 5. The molecule has 1 saturated carbocycles. The van der Waals surface area contributed by atoms with Crippen LogP contribution in [0.2, 0.25) is 0 Å². The molecule has 1 fully saturated rings.